The van der Waals surface area contributed by atoms with Gasteiger partial charge in [0.25, 0.3) is 0 Å². The third kappa shape index (κ3) is 3.45. The van der Waals surface area contributed by atoms with Crippen molar-refractivity contribution in [3.05, 3.63) is 29.9 Å². The maximum absolute atomic E-state index is 4.51. The zero-order valence-electron chi connectivity index (χ0n) is 11.7. The second kappa shape index (κ2) is 6.74. The number of rotatable bonds is 6. The Morgan fingerprint density at radius 1 is 1.44 bits per heavy atom. The molecule has 0 saturated carbocycles. The quantitative estimate of drug-likeness (QED) is 0.781. The van der Waals surface area contributed by atoms with E-state index in [9.17, 15) is 0 Å². The number of nitrogens with one attached hydrogen (secondary N) is 1. The van der Waals surface area contributed by atoms with E-state index < -0.39 is 0 Å². The molecule has 0 radical (unpaired) electrons. The number of allylic oxidation sites excluding steroid dienone is 1. The predicted octanol–water partition coefficient (Wildman–Crippen LogP) is 3.35. The Bertz CT molecular complexity index is 392. The topological polar surface area (TPSA) is 29.9 Å². The Kier molecular flexibility index (Phi) is 5.00. The van der Waals surface area contributed by atoms with Gasteiger partial charge in [0.1, 0.15) is 5.82 Å². The fourth-order valence-electron chi connectivity index (χ4n) is 2.64. The van der Waals surface area contributed by atoms with Crippen LogP contribution in [0.5, 0.6) is 0 Å². The smallest absolute Gasteiger partial charge is 0.125 e. The van der Waals surface area contributed by atoms with Crippen LogP contribution in [0, 0.1) is 0 Å². The Labute approximate surface area is 110 Å². The minimum Gasteiger partial charge on any atom is -0.337 e. The van der Waals surface area contributed by atoms with Crippen molar-refractivity contribution in [3.8, 4) is 0 Å². The summed E-state index contributed by atoms with van der Waals surface area (Å²) >= 11 is 0. The van der Waals surface area contributed by atoms with Gasteiger partial charge in [0.15, 0.2) is 0 Å². The molecule has 1 unspecified atom stereocenters. The number of hydrogen-bond acceptors (Lipinski definition) is 2. The van der Waals surface area contributed by atoms with Crippen molar-refractivity contribution in [2.45, 2.75) is 51.5 Å². The van der Waals surface area contributed by atoms with Gasteiger partial charge in [-0.15, -0.1) is 0 Å². The van der Waals surface area contributed by atoms with E-state index in [-0.39, 0.29) is 0 Å². The molecule has 3 nitrogen and oxygen atoms in total. The van der Waals surface area contributed by atoms with E-state index in [1.54, 1.807) is 5.57 Å². The SMILES string of the molecule is CCCNC(CC1=CCCCC1)c1nccn1C. The second-order valence-electron chi connectivity index (χ2n) is 5.22. The molecule has 0 saturated heterocycles. The molecule has 1 aromatic heterocycles. The Balaban J connectivity index is 2.05. The molecule has 100 valence electrons. The number of nitrogens with zero attached hydrogens (tertiary/aromatic N) is 2. The van der Waals surface area contributed by atoms with Crippen LogP contribution in [-0.2, 0) is 7.05 Å². The summed E-state index contributed by atoms with van der Waals surface area (Å²) < 4.78 is 2.14. The average Bonchev–Trinajstić information content (AvgIpc) is 2.82. The molecule has 0 aliphatic heterocycles. The molecule has 18 heavy (non-hydrogen) atoms. The van der Waals surface area contributed by atoms with Crippen molar-refractivity contribution in [1.29, 1.82) is 0 Å². The minimum atomic E-state index is 0.370. The van der Waals surface area contributed by atoms with Gasteiger partial charge in [-0.05, 0) is 45.1 Å². The first kappa shape index (κ1) is 13.3. The van der Waals surface area contributed by atoms with Crippen LogP contribution in [0.1, 0.15) is 57.3 Å². The van der Waals surface area contributed by atoms with Crippen molar-refractivity contribution in [1.82, 2.24) is 14.9 Å². The molecule has 0 amide bonds. The highest BCUT2D eigenvalue weighted by atomic mass is 15.1. The molecule has 0 aromatic carbocycles. The summed E-state index contributed by atoms with van der Waals surface area (Å²) in [4.78, 5) is 4.51. The summed E-state index contributed by atoms with van der Waals surface area (Å²) in [5.74, 6) is 1.16. The maximum atomic E-state index is 4.51. The lowest BCUT2D eigenvalue weighted by molar-refractivity contribution is 0.478. The van der Waals surface area contributed by atoms with Gasteiger partial charge in [0.2, 0.25) is 0 Å². The van der Waals surface area contributed by atoms with Gasteiger partial charge >= 0.3 is 0 Å². The van der Waals surface area contributed by atoms with Crippen molar-refractivity contribution in [2.75, 3.05) is 6.54 Å². The summed E-state index contributed by atoms with van der Waals surface area (Å²) in [6.45, 7) is 3.27. The third-order valence-corrected chi connectivity index (χ3v) is 3.66. The molecule has 1 aliphatic carbocycles. The van der Waals surface area contributed by atoms with E-state index in [1.807, 2.05) is 12.4 Å². The normalized spacial score (nSPS) is 17.6. The summed E-state index contributed by atoms with van der Waals surface area (Å²) in [5.41, 5.74) is 1.61. The van der Waals surface area contributed by atoms with Gasteiger partial charge in [-0.3, -0.25) is 0 Å². The molecule has 0 fully saturated rings. The Morgan fingerprint density at radius 2 is 2.33 bits per heavy atom. The van der Waals surface area contributed by atoms with Crippen LogP contribution in [0.3, 0.4) is 0 Å². The van der Waals surface area contributed by atoms with E-state index in [4.69, 9.17) is 0 Å². The van der Waals surface area contributed by atoms with E-state index in [0.29, 0.717) is 6.04 Å². The summed E-state index contributed by atoms with van der Waals surface area (Å²) in [5, 5.41) is 3.64. The van der Waals surface area contributed by atoms with Gasteiger partial charge in [-0.2, -0.15) is 0 Å². The highest BCUT2D eigenvalue weighted by molar-refractivity contribution is 5.11. The van der Waals surface area contributed by atoms with Crippen molar-refractivity contribution in [3.63, 3.8) is 0 Å². The molecule has 1 aliphatic rings. The van der Waals surface area contributed by atoms with E-state index in [2.05, 4.69) is 34.9 Å². The van der Waals surface area contributed by atoms with Crippen LogP contribution in [0.25, 0.3) is 0 Å². The third-order valence-electron chi connectivity index (χ3n) is 3.66. The molecule has 1 atom stereocenters. The fraction of sp³-hybridized carbons (Fsp3) is 0.667. The molecular weight excluding hydrogens is 222 g/mol. The molecule has 3 heteroatoms. The molecule has 1 aromatic rings. The summed E-state index contributed by atoms with van der Waals surface area (Å²) in [7, 11) is 2.08. The minimum absolute atomic E-state index is 0.370. The van der Waals surface area contributed by atoms with Crippen molar-refractivity contribution in [2.24, 2.45) is 7.05 Å². The van der Waals surface area contributed by atoms with Crippen LogP contribution in [-0.4, -0.2) is 16.1 Å². The molecule has 1 N–H and O–H groups in total. The second-order valence-corrected chi connectivity index (χ2v) is 5.22. The van der Waals surface area contributed by atoms with E-state index in [0.717, 1.165) is 18.8 Å². The number of hydrogen-bond donors (Lipinski definition) is 1. The van der Waals surface area contributed by atoms with Crippen molar-refractivity contribution >= 4 is 0 Å². The number of aromatic nitrogens is 2. The predicted molar refractivity (Wildman–Crippen MR) is 75.4 cm³/mol. The first-order valence-corrected chi connectivity index (χ1v) is 7.19. The average molecular weight is 247 g/mol. The number of imidazole rings is 1. The molecular formula is C15H25N3. The lowest BCUT2D eigenvalue weighted by Gasteiger charge is -2.21. The van der Waals surface area contributed by atoms with Gasteiger partial charge < -0.3 is 9.88 Å². The number of aryl methyl sites for hydroxylation is 1. The van der Waals surface area contributed by atoms with Gasteiger partial charge in [-0.1, -0.05) is 18.6 Å². The highest BCUT2D eigenvalue weighted by Gasteiger charge is 2.17. The highest BCUT2D eigenvalue weighted by Crippen LogP contribution is 2.26. The first-order valence-electron chi connectivity index (χ1n) is 7.19. The Hall–Kier alpha value is -1.09. The largest absolute Gasteiger partial charge is 0.337 e. The lowest BCUT2D eigenvalue weighted by Crippen LogP contribution is -2.25. The lowest BCUT2D eigenvalue weighted by atomic mass is 9.94. The molecule has 1 heterocycles. The van der Waals surface area contributed by atoms with Gasteiger partial charge in [0, 0.05) is 19.4 Å². The van der Waals surface area contributed by atoms with Crippen LogP contribution in [0.15, 0.2) is 24.0 Å². The maximum Gasteiger partial charge on any atom is 0.125 e. The molecule has 2 rings (SSSR count). The summed E-state index contributed by atoms with van der Waals surface area (Å²) in [6, 6.07) is 0.370. The zero-order chi connectivity index (χ0) is 12.8. The fourth-order valence-corrected chi connectivity index (χ4v) is 2.64. The monoisotopic (exact) mass is 247 g/mol. The van der Waals surface area contributed by atoms with E-state index in [1.165, 1.54) is 32.1 Å². The van der Waals surface area contributed by atoms with Crippen LogP contribution in [0.2, 0.25) is 0 Å². The van der Waals surface area contributed by atoms with Crippen LogP contribution >= 0.6 is 0 Å². The van der Waals surface area contributed by atoms with Gasteiger partial charge in [0.05, 0.1) is 6.04 Å². The molecule has 0 bridgehead atoms. The van der Waals surface area contributed by atoms with Crippen molar-refractivity contribution < 1.29 is 0 Å². The standard InChI is InChI=1S/C15H25N3/c1-3-9-16-14(15-17-10-11-18(15)2)12-13-7-5-4-6-8-13/h7,10-11,14,16H,3-6,8-9,12H2,1-2H3. The van der Waals surface area contributed by atoms with Crippen LogP contribution in [0.4, 0.5) is 0 Å². The first-order chi connectivity index (χ1) is 8.81. The van der Waals surface area contributed by atoms with E-state index >= 15 is 0 Å². The Morgan fingerprint density at radius 3 is 2.94 bits per heavy atom. The zero-order valence-corrected chi connectivity index (χ0v) is 11.7. The molecule has 0 spiro atoms. The van der Waals surface area contributed by atoms with Gasteiger partial charge in [-0.25, -0.2) is 4.98 Å². The summed E-state index contributed by atoms with van der Waals surface area (Å²) in [6.07, 6.45) is 13.9. The van der Waals surface area contributed by atoms with Crippen LogP contribution < -0.4 is 5.32 Å².